The Labute approximate surface area is 208 Å². The molecule has 1 aromatic rings. The van der Waals surface area contributed by atoms with E-state index < -0.39 is 46.8 Å². The molecule has 4 rings (SSSR count). The van der Waals surface area contributed by atoms with Gasteiger partial charge >= 0.3 is 12.1 Å². The quantitative estimate of drug-likeness (QED) is 0.519. The molecule has 12 heteroatoms. The Hall–Kier alpha value is -3.67. The minimum absolute atomic E-state index is 0.00717. The van der Waals surface area contributed by atoms with Crippen LogP contribution in [0.4, 0.5) is 9.59 Å². The van der Waals surface area contributed by atoms with Crippen LogP contribution in [-0.2, 0) is 25.8 Å². The molecule has 194 valence electrons. The summed E-state index contributed by atoms with van der Waals surface area (Å²) in [4.78, 5) is 71.1. The average molecular weight is 502 g/mol. The molecule has 2 bridgehead atoms. The molecule has 0 radical (unpaired) electrons. The summed E-state index contributed by atoms with van der Waals surface area (Å²) in [5.41, 5.74) is 2.96. The van der Waals surface area contributed by atoms with Crippen molar-refractivity contribution in [1.82, 2.24) is 25.7 Å². The van der Waals surface area contributed by atoms with Gasteiger partial charge in [-0.3, -0.25) is 30.1 Å². The number of imide groups is 1. The fraction of sp³-hybridized carbons (Fsp3) is 0.542. The van der Waals surface area contributed by atoms with Gasteiger partial charge in [0.05, 0.1) is 6.04 Å². The second-order valence-corrected chi connectivity index (χ2v) is 10.3. The van der Waals surface area contributed by atoms with E-state index in [4.69, 9.17) is 4.84 Å². The van der Waals surface area contributed by atoms with E-state index in [9.17, 15) is 29.1 Å². The molecule has 3 aliphatic heterocycles. The molecule has 0 unspecified atom stereocenters. The third-order valence-electron chi connectivity index (χ3n) is 7.28. The maximum atomic E-state index is 13.3. The van der Waals surface area contributed by atoms with Crippen molar-refractivity contribution in [2.45, 2.75) is 70.7 Å². The van der Waals surface area contributed by atoms with Gasteiger partial charge in [0.1, 0.15) is 18.2 Å². The summed E-state index contributed by atoms with van der Waals surface area (Å²) in [7, 11) is 0. The van der Waals surface area contributed by atoms with Gasteiger partial charge in [0.2, 0.25) is 5.91 Å². The number of nitrogens with zero attached hydrogens (tertiary/aromatic N) is 3. The molecule has 0 aliphatic carbocycles. The lowest BCUT2D eigenvalue weighted by atomic mass is 9.71. The van der Waals surface area contributed by atoms with Gasteiger partial charge in [0.15, 0.2) is 0 Å². The molecule has 3 aliphatic rings. The van der Waals surface area contributed by atoms with Crippen molar-refractivity contribution in [3.05, 3.63) is 35.9 Å². The zero-order valence-corrected chi connectivity index (χ0v) is 20.5. The number of hydroxylamine groups is 2. The van der Waals surface area contributed by atoms with E-state index >= 15 is 0 Å². The van der Waals surface area contributed by atoms with Gasteiger partial charge in [0, 0.05) is 13.0 Å². The predicted octanol–water partition coefficient (Wildman–Crippen LogP) is 1.62. The number of carboxylic acid groups (broad SMARTS) is 1. The molecule has 3 fully saturated rings. The number of carbonyl (C=O) groups is 5. The summed E-state index contributed by atoms with van der Waals surface area (Å²) in [6, 6.07) is 7.98. The number of likely N-dealkylation sites (tertiary alicyclic amines) is 1. The number of hydrogen-bond acceptors (Lipinski definition) is 6. The molecule has 3 heterocycles. The number of hydrogen-bond donors (Lipinski definition) is 3. The predicted molar refractivity (Wildman–Crippen MR) is 125 cm³/mol. The van der Waals surface area contributed by atoms with E-state index in [1.165, 1.54) is 9.96 Å². The normalized spacial score (nSPS) is 25.8. The largest absolute Gasteiger partial charge is 0.465 e. The maximum absolute atomic E-state index is 13.3. The number of carbonyl (C=O) groups excluding carboxylic acids is 4. The van der Waals surface area contributed by atoms with Crippen LogP contribution in [0.25, 0.3) is 0 Å². The number of benzene rings is 1. The summed E-state index contributed by atoms with van der Waals surface area (Å²) in [5, 5.41) is 10.9. The minimum Gasteiger partial charge on any atom is -0.465 e. The first-order valence-electron chi connectivity index (χ1n) is 11.9. The van der Waals surface area contributed by atoms with Crippen LogP contribution in [-0.4, -0.2) is 74.0 Å². The Morgan fingerprint density at radius 2 is 1.81 bits per heavy atom. The highest BCUT2D eigenvalue weighted by molar-refractivity contribution is 6.04. The van der Waals surface area contributed by atoms with E-state index in [1.54, 1.807) is 20.8 Å². The highest BCUT2D eigenvalue weighted by atomic mass is 16.7. The van der Waals surface area contributed by atoms with Crippen LogP contribution in [0.5, 0.6) is 0 Å². The number of piperidine rings is 1. The summed E-state index contributed by atoms with van der Waals surface area (Å²) in [5.74, 6) is -2.07. The summed E-state index contributed by atoms with van der Waals surface area (Å²) < 4.78 is 0. The number of hydrazine groups is 1. The topological polar surface area (TPSA) is 149 Å². The zero-order chi connectivity index (χ0) is 26.3. The molecule has 1 aromatic carbocycles. The van der Waals surface area contributed by atoms with Crippen LogP contribution in [0.1, 0.15) is 52.0 Å². The Morgan fingerprint density at radius 1 is 1.11 bits per heavy atom. The average Bonchev–Trinajstić information content (AvgIpc) is 3.31. The van der Waals surface area contributed by atoms with Crippen molar-refractivity contribution in [1.29, 1.82) is 0 Å². The fourth-order valence-electron chi connectivity index (χ4n) is 5.35. The van der Waals surface area contributed by atoms with Crippen LogP contribution in [0.3, 0.4) is 0 Å². The van der Waals surface area contributed by atoms with Gasteiger partial charge in [-0.2, -0.15) is 5.06 Å². The molecular formula is C24H31N5O7. The van der Waals surface area contributed by atoms with Gasteiger partial charge in [-0.05, 0) is 30.2 Å². The van der Waals surface area contributed by atoms with Crippen LogP contribution >= 0.6 is 0 Å². The number of fused-ring (bicyclic) bond motifs is 2. The first-order chi connectivity index (χ1) is 17.0. The highest BCUT2D eigenvalue weighted by Gasteiger charge is 2.61. The van der Waals surface area contributed by atoms with E-state index in [0.717, 1.165) is 5.56 Å². The fourth-order valence-corrected chi connectivity index (χ4v) is 5.35. The lowest BCUT2D eigenvalue weighted by Gasteiger charge is -2.44. The van der Waals surface area contributed by atoms with Crippen molar-refractivity contribution < 1.29 is 33.9 Å². The standard InChI is InChI=1S/C24H31N5O7/c1-23(2,3)24(12-11-18(30)28(24)22(34)35)20(32)26-25-19(31)17-10-9-16-13-27(17)21(33)29(16)36-14-15-7-5-4-6-8-15/h4-8,16-17H,9-14H2,1-3H3,(H,25,31)(H,26,32)(H,34,35)/t16-,17+,24+/m1/s1. The molecule has 0 saturated carbocycles. The number of rotatable bonds is 5. The summed E-state index contributed by atoms with van der Waals surface area (Å²) in [6.45, 7) is 5.52. The molecule has 3 N–H and O–H groups in total. The second-order valence-electron chi connectivity index (χ2n) is 10.3. The van der Waals surface area contributed by atoms with Crippen LogP contribution in [0, 0.1) is 5.41 Å². The number of nitrogens with one attached hydrogen (secondary N) is 2. The van der Waals surface area contributed by atoms with Gasteiger partial charge in [-0.25, -0.2) is 14.5 Å². The van der Waals surface area contributed by atoms with Crippen molar-refractivity contribution in [2.24, 2.45) is 5.41 Å². The minimum atomic E-state index is -1.69. The van der Waals surface area contributed by atoms with Crippen molar-refractivity contribution in [3.63, 3.8) is 0 Å². The maximum Gasteiger partial charge on any atom is 0.415 e. The molecule has 0 spiro atoms. The zero-order valence-electron chi connectivity index (χ0n) is 20.5. The lowest BCUT2D eigenvalue weighted by Crippen LogP contribution is -2.67. The second kappa shape index (κ2) is 9.41. The van der Waals surface area contributed by atoms with Crippen LogP contribution in [0.15, 0.2) is 30.3 Å². The molecule has 0 aromatic heterocycles. The highest BCUT2D eigenvalue weighted by Crippen LogP contribution is 2.44. The monoisotopic (exact) mass is 501 g/mol. The van der Waals surface area contributed by atoms with Crippen molar-refractivity contribution in [2.75, 3.05) is 6.54 Å². The summed E-state index contributed by atoms with van der Waals surface area (Å²) in [6.07, 6.45) is -0.725. The van der Waals surface area contributed by atoms with Crippen LogP contribution < -0.4 is 10.9 Å². The van der Waals surface area contributed by atoms with Gasteiger partial charge in [-0.1, -0.05) is 51.1 Å². The molecule has 3 saturated heterocycles. The Morgan fingerprint density at radius 3 is 2.44 bits per heavy atom. The molecule has 3 atom stereocenters. The van der Waals surface area contributed by atoms with E-state index in [2.05, 4.69) is 10.9 Å². The Bertz CT molecular complexity index is 1070. The van der Waals surface area contributed by atoms with Gasteiger partial charge in [-0.15, -0.1) is 0 Å². The van der Waals surface area contributed by atoms with E-state index in [-0.39, 0.29) is 25.5 Å². The van der Waals surface area contributed by atoms with Crippen LogP contribution in [0.2, 0.25) is 0 Å². The number of urea groups is 1. The first-order valence-corrected chi connectivity index (χ1v) is 11.9. The van der Waals surface area contributed by atoms with E-state index in [1.807, 2.05) is 30.3 Å². The Kier molecular flexibility index (Phi) is 6.65. The first kappa shape index (κ1) is 25.4. The SMILES string of the molecule is CC(C)(C)[C@@]1(C(=O)NNC(=O)[C@@H]2CC[C@@H]3CN2C(=O)N3OCc2ccccc2)CCC(=O)N1C(=O)O. The smallest absolute Gasteiger partial charge is 0.415 e. The molecule has 12 nitrogen and oxygen atoms in total. The Balaban J connectivity index is 1.40. The summed E-state index contributed by atoms with van der Waals surface area (Å²) >= 11 is 0. The molecular weight excluding hydrogens is 470 g/mol. The lowest BCUT2D eigenvalue weighted by molar-refractivity contribution is -0.147. The molecule has 36 heavy (non-hydrogen) atoms. The molecule has 6 amide bonds. The van der Waals surface area contributed by atoms with Crippen molar-refractivity contribution in [3.8, 4) is 0 Å². The number of amides is 6. The van der Waals surface area contributed by atoms with E-state index in [0.29, 0.717) is 24.3 Å². The van der Waals surface area contributed by atoms with Gasteiger partial charge < -0.3 is 10.0 Å². The third kappa shape index (κ3) is 4.25. The van der Waals surface area contributed by atoms with Gasteiger partial charge in [0.25, 0.3) is 11.8 Å². The third-order valence-corrected chi connectivity index (χ3v) is 7.28. The van der Waals surface area contributed by atoms with Crippen molar-refractivity contribution >= 4 is 29.8 Å².